The molecule has 0 saturated carbocycles. The third-order valence-electron chi connectivity index (χ3n) is 2.72. The summed E-state index contributed by atoms with van der Waals surface area (Å²) in [6, 6.07) is 7.33. The molecule has 4 N–H and O–H groups in total. The van der Waals surface area contributed by atoms with Crippen molar-refractivity contribution in [3.63, 3.8) is 0 Å². The second kappa shape index (κ2) is 5.67. The van der Waals surface area contributed by atoms with Crippen molar-refractivity contribution < 1.29 is 20.1 Å². The molecular formula is C13H14ClNO4. The molecule has 19 heavy (non-hydrogen) atoms. The summed E-state index contributed by atoms with van der Waals surface area (Å²) >= 11 is 0. The molecule has 0 spiro atoms. The van der Waals surface area contributed by atoms with E-state index in [4.69, 9.17) is 5.11 Å². The molecule has 2 rings (SSSR count). The molecular weight excluding hydrogens is 270 g/mol. The Morgan fingerprint density at radius 3 is 2.47 bits per heavy atom. The van der Waals surface area contributed by atoms with Gasteiger partial charge in [-0.15, -0.1) is 12.4 Å². The second-order valence-corrected chi connectivity index (χ2v) is 4.07. The first kappa shape index (κ1) is 14.9. The number of rotatable bonds is 3. The minimum absolute atomic E-state index is 0. The Bertz CT molecular complexity index is 615. The van der Waals surface area contributed by atoms with E-state index in [-0.39, 0.29) is 23.9 Å². The van der Waals surface area contributed by atoms with Crippen LogP contribution in [-0.2, 0) is 4.79 Å². The Balaban J connectivity index is 0.00000180. The Hall–Kier alpha value is -2.14. The fourth-order valence-electron chi connectivity index (χ4n) is 1.72. The lowest BCUT2D eigenvalue weighted by Gasteiger charge is -2.13. The number of phenols is 2. The molecule has 0 aliphatic carbocycles. The monoisotopic (exact) mass is 283 g/mol. The van der Waals surface area contributed by atoms with Crippen LogP contribution in [0.5, 0.6) is 11.5 Å². The molecule has 1 atom stereocenters. The quantitative estimate of drug-likeness (QED) is 0.650. The maximum atomic E-state index is 10.8. The van der Waals surface area contributed by atoms with Crippen LogP contribution in [0.25, 0.3) is 10.8 Å². The highest BCUT2D eigenvalue weighted by molar-refractivity contribution is 5.97. The molecule has 0 bridgehead atoms. The van der Waals surface area contributed by atoms with Gasteiger partial charge in [0.2, 0.25) is 0 Å². The van der Waals surface area contributed by atoms with Crippen LogP contribution < -0.4 is 5.32 Å². The third kappa shape index (κ3) is 3.00. The maximum Gasteiger partial charge on any atom is 0.325 e. The van der Waals surface area contributed by atoms with Crippen LogP contribution in [0.4, 0.5) is 5.69 Å². The van der Waals surface area contributed by atoms with Crippen LogP contribution in [0.3, 0.4) is 0 Å². The van der Waals surface area contributed by atoms with E-state index in [1.54, 1.807) is 18.2 Å². The predicted octanol–water partition coefficient (Wildman–Crippen LogP) is 2.56. The summed E-state index contributed by atoms with van der Waals surface area (Å²) in [4.78, 5) is 10.8. The minimum Gasteiger partial charge on any atom is -0.504 e. The average Bonchev–Trinajstić information content (AvgIpc) is 2.31. The van der Waals surface area contributed by atoms with Gasteiger partial charge in [-0.2, -0.15) is 0 Å². The van der Waals surface area contributed by atoms with Crippen molar-refractivity contribution in [2.75, 3.05) is 5.32 Å². The first-order valence-corrected chi connectivity index (χ1v) is 5.43. The van der Waals surface area contributed by atoms with Crippen LogP contribution in [0.2, 0.25) is 0 Å². The van der Waals surface area contributed by atoms with Gasteiger partial charge in [-0.1, -0.05) is 12.1 Å². The first-order chi connectivity index (χ1) is 8.49. The molecule has 2 aromatic carbocycles. The number of halogens is 1. The molecule has 0 fully saturated rings. The van der Waals surface area contributed by atoms with Crippen molar-refractivity contribution in [2.45, 2.75) is 13.0 Å². The summed E-state index contributed by atoms with van der Waals surface area (Å²) in [7, 11) is 0. The Kier molecular flexibility index (Phi) is 4.45. The van der Waals surface area contributed by atoms with Crippen LogP contribution in [0, 0.1) is 0 Å². The lowest BCUT2D eigenvalue weighted by atomic mass is 10.1. The van der Waals surface area contributed by atoms with Crippen LogP contribution in [0.15, 0.2) is 30.3 Å². The highest BCUT2D eigenvalue weighted by Crippen LogP contribution is 2.33. The topological polar surface area (TPSA) is 89.8 Å². The van der Waals surface area contributed by atoms with E-state index < -0.39 is 12.0 Å². The van der Waals surface area contributed by atoms with Crippen LogP contribution in [-0.4, -0.2) is 27.3 Å². The van der Waals surface area contributed by atoms with Gasteiger partial charge >= 0.3 is 5.97 Å². The Morgan fingerprint density at radius 1 is 1.21 bits per heavy atom. The number of benzene rings is 2. The Morgan fingerprint density at radius 2 is 1.84 bits per heavy atom. The zero-order valence-corrected chi connectivity index (χ0v) is 10.9. The number of carbonyl (C=O) groups is 1. The maximum absolute atomic E-state index is 10.8. The molecule has 0 amide bonds. The zero-order valence-electron chi connectivity index (χ0n) is 10.1. The Labute approximate surface area is 115 Å². The largest absolute Gasteiger partial charge is 0.504 e. The molecule has 0 saturated heterocycles. The molecule has 2 aromatic rings. The van der Waals surface area contributed by atoms with Gasteiger partial charge in [0, 0.05) is 11.1 Å². The molecule has 0 radical (unpaired) electrons. The van der Waals surface area contributed by atoms with E-state index in [9.17, 15) is 15.0 Å². The molecule has 0 aromatic heterocycles. The van der Waals surface area contributed by atoms with Gasteiger partial charge in [-0.05, 0) is 30.5 Å². The number of anilines is 1. The van der Waals surface area contributed by atoms with Crippen LogP contribution >= 0.6 is 12.4 Å². The number of fused-ring (bicyclic) bond motifs is 1. The van der Waals surface area contributed by atoms with Gasteiger partial charge < -0.3 is 20.6 Å². The number of aromatic hydroxyl groups is 2. The summed E-state index contributed by atoms with van der Waals surface area (Å²) < 4.78 is 0. The number of phenolic OH excluding ortho intramolecular Hbond substituents is 2. The van der Waals surface area contributed by atoms with Gasteiger partial charge in [0.05, 0.1) is 0 Å². The molecule has 0 heterocycles. The highest BCUT2D eigenvalue weighted by atomic mass is 35.5. The van der Waals surface area contributed by atoms with Crippen LogP contribution in [0.1, 0.15) is 6.92 Å². The molecule has 5 nitrogen and oxygen atoms in total. The summed E-state index contributed by atoms with van der Waals surface area (Å²) in [6.07, 6.45) is 0. The van der Waals surface area contributed by atoms with E-state index in [0.717, 1.165) is 0 Å². The van der Waals surface area contributed by atoms with Crippen molar-refractivity contribution in [1.82, 2.24) is 0 Å². The van der Waals surface area contributed by atoms with Crippen molar-refractivity contribution in [1.29, 1.82) is 0 Å². The zero-order chi connectivity index (χ0) is 13.3. The van der Waals surface area contributed by atoms with E-state index in [0.29, 0.717) is 16.5 Å². The van der Waals surface area contributed by atoms with Crippen molar-refractivity contribution in [2.24, 2.45) is 0 Å². The minimum atomic E-state index is -0.963. The lowest BCUT2D eigenvalue weighted by molar-refractivity contribution is -0.137. The van der Waals surface area contributed by atoms with E-state index in [1.807, 2.05) is 0 Å². The fourth-order valence-corrected chi connectivity index (χ4v) is 1.72. The second-order valence-electron chi connectivity index (χ2n) is 4.07. The summed E-state index contributed by atoms with van der Waals surface area (Å²) in [6.45, 7) is 1.53. The van der Waals surface area contributed by atoms with Crippen molar-refractivity contribution in [3.8, 4) is 11.5 Å². The third-order valence-corrected chi connectivity index (χ3v) is 2.72. The SMILES string of the molecule is CC(Nc1cccc2cc(O)c(O)cc12)C(=O)O.Cl. The van der Waals surface area contributed by atoms with Gasteiger partial charge in [-0.3, -0.25) is 4.79 Å². The first-order valence-electron chi connectivity index (χ1n) is 5.43. The summed E-state index contributed by atoms with van der Waals surface area (Å²) in [5, 5.41) is 32.0. The van der Waals surface area contributed by atoms with Crippen molar-refractivity contribution in [3.05, 3.63) is 30.3 Å². The average molecular weight is 284 g/mol. The number of nitrogens with one attached hydrogen (secondary N) is 1. The number of hydrogen-bond acceptors (Lipinski definition) is 4. The van der Waals surface area contributed by atoms with E-state index >= 15 is 0 Å². The van der Waals surface area contributed by atoms with Gasteiger partial charge in [0.1, 0.15) is 6.04 Å². The number of hydrogen-bond donors (Lipinski definition) is 4. The standard InChI is InChI=1S/C13H13NO4.ClH/c1-7(13(17)18)14-10-4-2-3-8-5-11(15)12(16)6-9(8)10;/h2-7,14-16H,1H3,(H,17,18);1H. The smallest absolute Gasteiger partial charge is 0.325 e. The molecule has 0 aliphatic rings. The predicted molar refractivity (Wildman–Crippen MR) is 75.2 cm³/mol. The summed E-state index contributed by atoms with van der Waals surface area (Å²) in [5.74, 6) is -1.40. The number of carboxylic acid groups (broad SMARTS) is 1. The number of aliphatic carboxylic acids is 1. The fraction of sp³-hybridized carbons (Fsp3) is 0.154. The molecule has 1 unspecified atom stereocenters. The van der Waals surface area contributed by atoms with Gasteiger partial charge in [0.25, 0.3) is 0 Å². The van der Waals surface area contributed by atoms with E-state index in [2.05, 4.69) is 5.32 Å². The van der Waals surface area contributed by atoms with Gasteiger partial charge in [-0.25, -0.2) is 0 Å². The normalized spacial score (nSPS) is 11.6. The highest BCUT2D eigenvalue weighted by Gasteiger charge is 2.12. The van der Waals surface area contributed by atoms with E-state index in [1.165, 1.54) is 19.1 Å². The van der Waals surface area contributed by atoms with Gasteiger partial charge in [0.15, 0.2) is 11.5 Å². The number of carboxylic acids is 1. The molecule has 6 heteroatoms. The summed E-state index contributed by atoms with van der Waals surface area (Å²) in [5.41, 5.74) is 0.595. The lowest BCUT2D eigenvalue weighted by Crippen LogP contribution is -2.25. The van der Waals surface area contributed by atoms with Crippen molar-refractivity contribution >= 4 is 34.8 Å². The molecule has 0 aliphatic heterocycles. The molecule has 102 valence electrons.